The number of aliphatic carboxylic acids is 1. The van der Waals surface area contributed by atoms with Crippen LogP contribution in [0.5, 0.6) is 5.75 Å². The maximum atomic E-state index is 11.9. The van der Waals surface area contributed by atoms with Crippen LogP contribution < -0.4 is 10.1 Å². The van der Waals surface area contributed by atoms with Crippen molar-refractivity contribution in [1.29, 1.82) is 0 Å². The maximum Gasteiger partial charge on any atom is 0.322 e. The highest BCUT2D eigenvalue weighted by atomic mass is 16.5. The third kappa shape index (κ3) is 2.32. The molecule has 0 aliphatic carbocycles. The van der Waals surface area contributed by atoms with Crippen molar-refractivity contribution in [1.82, 2.24) is 10.5 Å². The predicted octanol–water partition coefficient (Wildman–Crippen LogP) is 1.80. The highest BCUT2D eigenvalue weighted by Gasteiger charge is 2.18. The fourth-order valence-corrected chi connectivity index (χ4v) is 2.24. The van der Waals surface area contributed by atoms with Crippen LogP contribution in [0.3, 0.4) is 0 Å². The highest BCUT2D eigenvalue weighted by molar-refractivity contribution is 6.12. The summed E-state index contributed by atoms with van der Waals surface area (Å²) < 4.78 is 10.4. The number of carboxylic acids is 1. The number of rotatable bonds is 4. The van der Waals surface area contributed by atoms with Crippen molar-refractivity contribution in [2.75, 3.05) is 13.7 Å². The number of carboxylic acid groups (broad SMARTS) is 1. The number of benzene rings is 2. The molecule has 3 rings (SSSR count). The SMILES string of the molecule is COc1ccc2c(ccc3c(C(=O)NCC(=O)O)noc32)c1. The van der Waals surface area contributed by atoms with Crippen LogP contribution in [0.4, 0.5) is 0 Å². The van der Waals surface area contributed by atoms with Crippen LogP contribution in [0.15, 0.2) is 34.9 Å². The van der Waals surface area contributed by atoms with Crippen LogP contribution in [0.2, 0.25) is 0 Å². The Labute approximate surface area is 124 Å². The van der Waals surface area contributed by atoms with Gasteiger partial charge in [-0.15, -0.1) is 0 Å². The molecule has 0 fully saturated rings. The molecule has 0 bridgehead atoms. The number of hydrogen-bond acceptors (Lipinski definition) is 5. The van der Waals surface area contributed by atoms with Gasteiger partial charge in [0.25, 0.3) is 5.91 Å². The van der Waals surface area contributed by atoms with Gasteiger partial charge in [0.2, 0.25) is 0 Å². The molecule has 0 spiro atoms. The molecule has 2 N–H and O–H groups in total. The lowest BCUT2D eigenvalue weighted by Gasteiger charge is -2.02. The van der Waals surface area contributed by atoms with Crippen LogP contribution in [-0.4, -0.2) is 35.8 Å². The summed E-state index contributed by atoms with van der Waals surface area (Å²) in [4.78, 5) is 22.4. The minimum atomic E-state index is -1.13. The molecule has 0 saturated carbocycles. The minimum Gasteiger partial charge on any atom is -0.497 e. The summed E-state index contributed by atoms with van der Waals surface area (Å²) in [5.41, 5.74) is 0.537. The zero-order valence-electron chi connectivity index (χ0n) is 11.6. The molecule has 1 amide bonds. The van der Waals surface area contributed by atoms with Crippen LogP contribution in [0, 0.1) is 0 Å². The number of fused-ring (bicyclic) bond motifs is 3. The monoisotopic (exact) mass is 300 g/mol. The van der Waals surface area contributed by atoms with Gasteiger partial charge in [0.1, 0.15) is 12.3 Å². The van der Waals surface area contributed by atoms with Crippen molar-refractivity contribution in [2.45, 2.75) is 0 Å². The Morgan fingerprint density at radius 2 is 2.05 bits per heavy atom. The summed E-state index contributed by atoms with van der Waals surface area (Å²) in [6.07, 6.45) is 0. The van der Waals surface area contributed by atoms with E-state index in [0.717, 1.165) is 10.8 Å². The predicted molar refractivity (Wildman–Crippen MR) is 78.0 cm³/mol. The van der Waals surface area contributed by atoms with Crippen LogP contribution in [0.1, 0.15) is 10.5 Å². The zero-order chi connectivity index (χ0) is 15.7. The Kier molecular flexibility index (Phi) is 3.38. The van der Waals surface area contributed by atoms with Gasteiger partial charge in [0.05, 0.1) is 12.5 Å². The summed E-state index contributed by atoms with van der Waals surface area (Å²) >= 11 is 0. The minimum absolute atomic E-state index is 0.0639. The van der Waals surface area contributed by atoms with Gasteiger partial charge in [-0.1, -0.05) is 11.2 Å². The van der Waals surface area contributed by atoms with E-state index >= 15 is 0 Å². The largest absolute Gasteiger partial charge is 0.497 e. The van der Waals surface area contributed by atoms with Crippen molar-refractivity contribution in [3.63, 3.8) is 0 Å². The third-order valence-electron chi connectivity index (χ3n) is 3.28. The first-order valence-electron chi connectivity index (χ1n) is 6.46. The van der Waals surface area contributed by atoms with Crippen molar-refractivity contribution in [2.24, 2.45) is 0 Å². The van der Waals surface area contributed by atoms with E-state index in [1.807, 2.05) is 18.2 Å². The second-order valence-electron chi connectivity index (χ2n) is 4.64. The lowest BCUT2D eigenvalue weighted by atomic mass is 10.1. The number of nitrogens with zero attached hydrogens (tertiary/aromatic N) is 1. The molecule has 0 unspecified atom stereocenters. The Hall–Kier alpha value is -3.09. The van der Waals surface area contributed by atoms with E-state index in [9.17, 15) is 9.59 Å². The van der Waals surface area contributed by atoms with Gasteiger partial charge in [0, 0.05) is 5.39 Å². The molecule has 0 atom stereocenters. The fraction of sp³-hybridized carbons (Fsp3) is 0.133. The Balaban J connectivity index is 2.06. The van der Waals surface area contributed by atoms with E-state index in [2.05, 4.69) is 10.5 Å². The molecule has 112 valence electrons. The first-order valence-corrected chi connectivity index (χ1v) is 6.46. The number of hydrogen-bond donors (Lipinski definition) is 2. The van der Waals surface area contributed by atoms with E-state index in [-0.39, 0.29) is 5.69 Å². The number of carbonyl (C=O) groups is 2. The van der Waals surface area contributed by atoms with Crippen LogP contribution in [0.25, 0.3) is 21.7 Å². The number of methoxy groups -OCH3 is 1. The number of carbonyl (C=O) groups excluding carboxylic acids is 1. The normalized spacial score (nSPS) is 10.8. The molecule has 0 aliphatic rings. The molecule has 22 heavy (non-hydrogen) atoms. The van der Waals surface area contributed by atoms with Crippen molar-refractivity contribution in [3.05, 3.63) is 36.0 Å². The molecule has 0 radical (unpaired) electrons. The summed E-state index contributed by atoms with van der Waals surface area (Å²) in [6.45, 7) is -0.474. The Morgan fingerprint density at radius 3 is 2.77 bits per heavy atom. The summed E-state index contributed by atoms with van der Waals surface area (Å²) in [6, 6.07) is 8.99. The first-order chi connectivity index (χ1) is 10.6. The summed E-state index contributed by atoms with van der Waals surface area (Å²) in [7, 11) is 1.58. The van der Waals surface area contributed by atoms with E-state index in [0.29, 0.717) is 16.7 Å². The first kappa shape index (κ1) is 13.9. The lowest BCUT2D eigenvalue weighted by molar-refractivity contribution is -0.135. The van der Waals surface area contributed by atoms with Crippen molar-refractivity contribution in [3.8, 4) is 5.75 Å². The highest BCUT2D eigenvalue weighted by Crippen LogP contribution is 2.30. The van der Waals surface area contributed by atoms with Crippen LogP contribution >= 0.6 is 0 Å². The van der Waals surface area contributed by atoms with E-state index < -0.39 is 18.4 Å². The number of aromatic nitrogens is 1. The molecule has 2 aromatic carbocycles. The zero-order valence-corrected chi connectivity index (χ0v) is 11.6. The number of ether oxygens (including phenoxy) is 1. The van der Waals surface area contributed by atoms with E-state index in [4.69, 9.17) is 14.4 Å². The molecule has 1 heterocycles. The Bertz CT molecular complexity index is 884. The molecule has 0 aliphatic heterocycles. The van der Waals surface area contributed by atoms with Gasteiger partial charge < -0.3 is 19.7 Å². The third-order valence-corrected chi connectivity index (χ3v) is 3.28. The molecule has 7 nitrogen and oxygen atoms in total. The number of nitrogens with one attached hydrogen (secondary N) is 1. The van der Waals surface area contributed by atoms with Crippen molar-refractivity contribution >= 4 is 33.6 Å². The fourth-order valence-electron chi connectivity index (χ4n) is 2.24. The average Bonchev–Trinajstić information content (AvgIpc) is 2.96. The molecular formula is C15H12N2O5. The number of amides is 1. The van der Waals surface area contributed by atoms with Gasteiger partial charge in [-0.25, -0.2) is 0 Å². The lowest BCUT2D eigenvalue weighted by Crippen LogP contribution is -2.29. The molecular weight excluding hydrogens is 288 g/mol. The topological polar surface area (TPSA) is 102 Å². The quantitative estimate of drug-likeness (QED) is 0.762. The second-order valence-corrected chi connectivity index (χ2v) is 4.64. The second kappa shape index (κ2) is 5.36. The summed E-state index contributed by atoms with van der Waals surface area (Å²) in [5.74, 6) is -1.00. The standard InChI is InChI=1S/C15H12N2O5/c1-21-9-3-5-10-8(6-9)2-4-11-13(17-22-14(10)11)15(20)16-7-12(18)19/h2-6H,7H2,1H3,(H,16,20)(H,18,19). The van der Waals surface area contributed by atoms with Gasteiger partial charge >= 0.3 is 5.97 Å². The van der Waals surface area contributed by atoms with Gasteiger partial charge in [-0.05, 0) is 29.7 Å². The van der Waals surface area contributed by atoms with Gasteiger partial charge in [-0.2, -0.15) is 0 Å². The molecule has 7 heteroatoms. The van der Waals surface area contributed by atoms with E-state index in [1.54, 1.807) is 19.2 Å². The molecule has 0 saturated heterocycles. The smallest absolute Gasteiger partial charge is 0.322 e. The average molecular weight is 300 g/mol. The van der Waals surface area contributed by atoms with E-state index in [1.165, 1.54) is 0 Å². The van der Waals surface area contributed by atoms with Gasteiger partial charge in [0.15, 0.2) is 11.3 Å². The van der Waals surface area contributed by atoms with Crippen LogP contribution in [-0.2, 0) is 4.79 Å². The maximum absolute atomic E-state index is 11.9. The summed E-state index contributed by atoms with van der Waals surface area (Å²) in [5, 5.41) is 16.8. The van der Waals surface area contributed by atoms with Gasteiger partial charge in [-0.3, -0.25) is 9.59 Å². The Morgan fingerprint density at radius 1 is 1.27 bits per heavy atom. The molecule has 3 aromatic rings. The van der Waals surface area contributed by atoms with Crippen molar-refractivity contribution < 1.29 is 24.0 Å². The molecule has 1 aromatic heterocycles.